The molecule has 0 aliphatic heterocycles. The number of pyridine rings is 1. The van der Waals surface area contributed by atoms with Gasteiger partial charge in [-0.1, -0.05) is 51.9 Å². The first-order valence-electron chi connectivity index (χ1n) is 9.27. The van der Waals surface area contributed by atoms with E-state index < -0.39 is 12.1 Å². The third-order valence-electron chi connectivity index (χ3n) is 3.78. The molecule has 1 heterocycles. The number of nitrogens with zero attached hydrogens (tertiary/aromatic N) is 1. The summed E-state index contributed by atoms with van der Waals surface area (Å²) in [5, 5.41) is 2.33. The fraction of sp³-hybridized carbons (Fsp3) is 0.632. The quantitative estimate of drug-likeness (QED) is 0.421. The molecule has 0 radical (unpaired) electrons. The van der Waals surface area contributed by atoms with Gasteiger partial charge in [-0.25, -0.2) is 9.78 Å². The second-order valence-electron chi connectivity index (χ2n) is 5.95. The molecule has 1 aromatic rings. The second kappa shape index (κ2) is 13.9. The fourth-order valence-electron chi connectivity index (χ4n) is 2.35. The van der Waals surface area contributed by atoms with E-state index in [2.05, 4.69) is 17.2 Å². The number of hydrogen-bond acceptors (Lipinski definition) is 6. The molecule has 1 N–H and O–H groups in total. The number of esters is 1. The Labute approximate surface area is 155 Å². The third-order valence-corrected chi connectivity index (χ3v) is 3.78. The molecule has 7 nitrogen and oxygen atoms in total. The van der Waals surface area contributed by atoms with Gasteiger partial charge in [-0.15, -0.1) is 0 Å². The molecule has 146 valence electrons. The first-order chi connectivity index (χ1) is 12.7. The molecular formula is C19H30N2O5. The van der Waals surface area contributed by atoms with Crippen molar-refractivity contribution in [2.24, 2.45) is 0 Å². The largest absolute Gasteiger partial charge is 0.491 e. The van der Waals surface area contributed by atoms with E-state index in [1.165, 1.54) is 45.4 Å². The normalized spacial score (nSPS) is 10.2. The fourth-order valence-corrected chi connectivity index (χ4v) is 2.35. The van der Waals surface area contributed by atoms with Crippen LogP contribution in [0.15, 0.2) is 18.3 Å². The highest BCUT2D eigenvalue weighted by molar-refractivity contribution is 5.78. The number of ether oxygens (including phenoxy) is 3. The summed E-state index contributed by atoms with van der Waals surface area (Å²) in [6.07, 6.45) is 10.1. The zero-order valence-electron chi connectivity index (χ0n) is 15.8. The second-order valence-corrected chi connectivity index (χ2v) is 5.95. The SMILES string of the molecule is CCCCCCCCCCOC(=O)CNC(=O)Oc1ncccc1OC. The van der Waals surface area contributed by atoms with Crippen LogP contribution in [-0.2, 0) is 9.53 Å². The summed E-state index contributed by atoms with van der Waals surface area (Å²) in [5.41, 5.74) is 0. The van der Waals surface area contributed by atoms with Crippen LogP contribution < -0.4 is 14.8 Å². The lowest BCUT2D eigenvalue weighted by atomic mass is 10.1. The molecule has 0 saturated carbocycles. The summed E-state index contributed by atoms with van der Waals surface area (Å²) >= 11 is 0. The molecule has 0 bridgehead atoms. The lowest BCUT2D eigenvalue weighted by molar-refractivity contribution is -0.142. The minimum Gasteiger partial charge on any atom is -0.491 e. The molecule has 0 unspecified atom stereocenters. The van der Waals surface area contributed by atoms with Crippen molar-refractivity contribution < 1.29 is 23.8 Å². The number of rotatable bonds is 13. The van der Waals surface area contributed by atoms with Crippen molar-refractivity contribution in [3.05, 3.63) is 18.3 Å². The van der Waals surface area contributed by atoms with Gasteiger partial charge in [-0.2, -0.15) is 0 Å². The van der Waals surface area contributed by atoms with Crippen molar-refractivity contribution >= 4 is 12.1 Å². The smallest absolute Gasteiger partial charge is 0.414 e. The number of methoxy groups -OCH3 is 1. The number of aromatic nitrogens is 1. The van der Waals surface area contributed by atoms with Gasteiger partial charge in [0.15, 0.2) is 5.75 Å². The Balaban J connectivity index is 2.06. The Bertz CT molecular complexity index is 536. The first kappa shape index (κ1) is 21.7. The van der Waals surface area contributed by atoms with E-state index in [1.807, 2.05) is 0 Å². The highest BCUT2D eigenvalue weighted by Gasteiger charge is 2.12. The lowest BCUT2D eigenvalue weighted by Gasteiger charge is -2.09. The number of amides is 1. The van der Waals surface area contributed by atoms with Crippen molar-refractivity contribution in [2.45, 2.75) is 58.3 Å². The number of carbonyl (C=O) groups is 2. The Morgan fingerprint density at radius 2 is 1.77 bits per heavy atom. The zero-order chi connectivity index (χ0) is 19.0. The van der Waals surface area contributed by atoms with Crippen LogP contribution in [-0.4, -0.2) is 37.3 Å². The lowest BCUT2D eigenvalue weighted by Crippen LogP contribution is -2.33. The highest BCUT2D eigenvalue weighted by Crippen LogP contribution is 2.22. The average molecular weight is 366 g/mol. The molecule has 0 spiro atoms. The van der Waals surface area contributed by atoms with Crippen LogP contribution in [0.4, 0.5) is 4.79 Å². The van der Waals surface area contributed by atoms with E-state index >= 15 is 0 Å². The van der Waals surface area contributed by atoms with E-state index in [-0.39, 0.29) is 12.4 Å². The van der Waals surface area contributed by atoms with Crippen molar-refractivity contribution in [3.63, 3.8) is 0 Å². The van der Waals surface area contributed by atoms with Gasteiger partial charge in [0, 0.05) is 6.20 Å². The number of hydrogen-bond donors (Lipinski definition) is 1. The van der Waals surface area contributed by atoms with E-state index in [4.69, 9.17) is 14.2 Å². The topological polar surface area (TPSA) is 86.8 Å². The summed E-state index contributed by atoms with van der Waals surface area (Å²) in [7, 11) is 1.45. The summed E-state index contributed by atoms with van der Waals surface area (Å²) in [6.45, 7) is 2.34. The van der Waals surface area contributed by atoms with Gasteiger partial charge < -0.3 is 19.5 Å². The van der Waals surface area contributed by atoms with Gasteiger partial charge in [-0.05, 0) is 18.6 Å². The van der Waals surface area contributed by atoms with Crippen molar-refractivity contribution in [2.75, 3.05) is 20.3 Å². The molecule has 7 heteroatoms. The van der Waals surface area contributed by atoms with Gasteiger partial charge in [0.2, 0.25) is 0 Å². The van der Waals surface area contributed by atoms with Crippen LogP contribution in [0.2, 0.25) is 0 Å². The van der Waals surface area contributed by atoms with E-state index in [0.717, 1.165) is 19.3 Å². The molecule has 0 atom stereocenters. The van der Waals surface area contributed by atoms with Crippen molar-refractivity contribution in [1.82, 2.24) is 10.3 Å². The predicted molar refractivity (Wildman–Crippen MR) is 98.4 cm³/mol. The highest BCUT2D eigenvalue weighted by atomic mass is 16.6. The minimum atomic E-state index is -0.786. The Kier molecular flexibility index (Phi) is 11.6. The maximum atomic E-state index is 11.7. The average Bonchev–Trinajstić information content (AvgIpc) is 2.65. The summed E-state index contributed by atoms with van der Waals surface area (Å²) in [6, 6.07) is 3.28. The number of unbranched alkanes of at least 4 members (excludes halogenated alkanes) is 7. The Morgan fingerprint density at radius 3 is 2.46 bits per heavy atom. The molecular weight excluding hydrogens is 336 g/mol. The van der Waals surface area contributed by atoms with Crippen LogP contribution in [0.1, 0.15) is 58.3 Å². The summed E-state index contributed by atoms with van der Waals surface area (Å²) < 4.78 is 15.1. The van der Waals surface area contributed by atoms with Gasteiger partial charge >= 0.3 is 12.1 Å². The van der Waals surface area contributed by atoms with Crippen LogP contribution in [0, 0.1) is 0 Å². The van der Waals surface area contributed by atoms with Crippen molar-refractivity contribution in [1.29, 1.82) is 0 Å². The molecule has 0 fully saturated rings. The molecule has 1 aromatic heterocycles. The minimum absolute atomic E-state index is 0.0415. The van der Waals surface area contributed by atoms with Gasteiger partial charge in [0.1, 0.15) is 6.54 Å². The van der Waals surface area contributed by atoms with Crippen LogP contribution in [0.3, 0.4) is 0 Å². The van der Waals surface area contributed by atoms with E-state index in [9.17, 15) is 9.59 Å². The van der Waals surface area contributed by atoms with Crippen LogP contribution in [0.5, 0.6) is 11.6 Å². The van der Waals surface area contributed by atoms with E-state index in [1.54, 1.807) is 12.1 Å². The molecule has 1 rings (SSSR count). The standard InChI is InChI=1S/C19H30N2O5/c1-3-4-5-6-7-8-9-10-14-25-17(22)15-21-19(23)26-18-16(24-2)12-11-13-20-18/h11-13H,3-10,14-15H2,1-2H3,(H,21,23). The molecule has 0 aromatic carbocycles. The summed E-state index contributed by atoms with van der Waals surface area (Å²) in [4.78, 5) is 27.2. The van der Waals surface area contributed by atoms with E-state index in [0.29, 0.717) is 12.4 Å². The third kappa shape index (κ3) is 9.86. The van der Waals surface area contributed by atoms with Gasteiger partial charge in [0.25, 0.3) is 5.88 Å². The monoisotopic (exact) mass is 366 g/mol. The molecule has 0 saturated heterocycles. The molecule has 1 amide bonds. The van der Waals surface area contributed by atoms with Crippen molar-refractivity contribution in [3.8, 4) is 11.6 Å². The van der Waals surface area contributed by atoms with Crippen LogP contribution >= 0.6 is 0 Å². The Hall–Kier alpha value is -2.31. The molecule has 26 heavy (non-hydrogen) atoms. The summed E-state index contributed by atoms with van der Waals surface area (Å²) in [5.74, 6) is -0.113. The number of nitrogens with one attached hydrogen (secondary N) is 1. The molecule has 0 aliphatic rings. The maximum absolute atomic E-state index is 11.7. The maximum Gasteiger partial charge on any atom is 0.414 e. The Morgan fingerprint density at radius 1 is 1.08 bits per heavy atom. The van der Waals surface area contributed by atoms with Gasteiger partial charge in [0.05, 0.1) is 13.7 Å². The first-order valence-corrected chi connectivity index (χ1v) is 9.27. The predicted octanol–water partition coefficient (Wildman–Crippen LogP) is 3.86. The van der Waals surface area contributed by atoms with Gasteiger partial charge in [-0.3, -0.25) is 4.79 Å². The number of carbonyl (C=O) groups excluding carboxylic acids is 2. The molecule has 0 aliphatic carbocycles. The zero-order valence-corrected chi connectivity index (χ0v) is 15.8. The van der Waals surface area contributed by atoms with Crippen LogP contribution in [0.25, 0.3) is 0 Å².